The van der Waals surface area contributed by atoms with Crippen LogP contribution in [0.1, 0.15) is 5.56 Å². The van der Waals surface area contributed by atoms with Crippen LogP contribution in [0.2, 0.25) is 0 Å². The van der Waals surface area contributed by atoms with Crippen molar-refractivity contribution in [3.8, 4) is 0 Å². The number of halogens is 1. The zero-order chi connectivity index (χ0) is 11.4. The van der Waals surface area contributed by atoms with Gasteiger partial charge in [-0.1, -0.05) is 6.07 Å². The van der Waals surface area contributed by atoms with Crippen LogP contribution in [0, 0.1) is 12.7 Å². The Morgan fingerprint density at radius 3 is 3.00 bits per heavy atom. The predicted octanol–water partition coefficient (Wildman–Crippen LogP) is 2.44. The van der Waals surface area contributed by atoms with Crippen LogP contribution in [0.3, 0.4) is 0 Å². The molecular weight excluding hydrogens is 205 g/mol. The maximum absolute atomic E-state index is 13.4. The zero-order valence-electron chi connectivity index (χ0n) is 9.15. The molecule has 1 N–H and O–H groups in total. The molecule has 4 heteroatoms. The Bertz CT molecular complexity index is 451. The van der Waals surface area contributed by atoms with Gasteiger partial charge in [-0.3, -0.25) is 4.68 Å². The molecule has 0 saturated carbocycles. The SMILES string of the molecule is Cc1ccc(NCCn2cccn2)c(F)c1. The summed E-state index contributed by atoms with van der Waals surface area (Å²) < 4.78 is 15.2. The number of anilines is 1. The molecule has 1 aromatic heterocycles. The number of nitrogens with one attached hydrogen (secondary N) is 1. The Morgan fingerprint density at radius 1 is 1.44 bits per heavy atom. The lowest BCUT2D eigenvalue weighted by molar-refractivity contribution is 0.617. The maximum Gasteiger partial charge on any atom is 0.146 e. The summed E-state index contributed by atoms with van der Waals surface area (Å²) >= 11 is 0. The molecule has 0 radical (unpaired) electrons. The van der Waals surface area contributed by atoms with Crippen LogP contribution >= 0.6 is 0 Å². The van der Waals surface area contributed by atoms with E-state index in [1.165, 1.54) is 6.07 Å². The molecule has 0 amide bonds. The first kappa shape index (κ1) is 10.7. The van der Waals surface area contributed by atoms with Crippen LogP contribution in [0.25, 0.3) is 0 Å². The molecule has 16 heavy (non-hydrogen) atoms. The Labute approximate surface area is 93.9 Å². The molecule has 0 saturated heterocycles. The molecule has 84 valence electrons. The van der Waals surface area contributed by atoms with Crippen molar-refractivity contribution in [2.24, 2.45) is 0 Å². The molecule has 0 spiro atoms. The Morgan fingerprint density at radius 2 is 2.31 bits per heavy atom. The largest absolute Gasteiger partial charge is 0.381 e. The third-order valence-corrected chi connectivity index (χ3v) is 2.34. The van der Waals surface area contributed by atoms with Gasteiger partial charge in [-0.2, -0.15) is 5.10 Å². The average Bonchev–Trinajstić information content (AvgIpc) is 2.74. The first-order valence-electron chi connectivity index (χ1n) is 5.23. The highest BCUT2D eigenvalue weighted by molar-refractivity contribution is 5.45. The van der Waals surface area contributed by atoms with Crippen molar-refractivity contribution < 1.29 is 4.39 Å². The molecule has 2 rings (SSSR count). The molecule has 0 unspecified atom stereocenters. The lowest BCUT2D eigenvalue weighted by atomic mass is 10.2. The fourth-order valence-electron chi connectivity index (χ4n) is 1.50. The van der Waals surface area contributed by atoms with Crippen LogP contribution in [-0.4, -0.2) is 16.3 Å². The van der Waals surface area contributed by atoms with E-state index in [0.717, 1.165) is 12.1 Å². The van der Waals surface area contributed by atoms with E-state index in [1.54, 1.807) is 16.9 Å². The van der Waals surface area contributed by atoms with Crippen molar-refractivity contribution in [1.29, 1.82) is 0 Å². The fourth-order valence-corrected chi connectivity index (χ4v) is 1.50. The summed E-state index contributed by atoms with van der Waals surface area (Å²) in [7, 11) is 0. The minimum absolute atomic E-state index is 0.208. The third kappa shape index (κ3) is 2.59. The number of hydrogen-bond acceptors (Lipinski definition) is 2. The van der Waals surface area contributed by atoms with E-state index in [0.29, 0.717) is 12.2 Å². The predicted molar refractivity (Wildman–Crippen MR) is 61.9 cm³/mol. The van der Waals surface area contributed by atoms with Crippen molar-refractivity contribution in [2.75, 3.05) is 11.9 Å². The first-order valence-corrected chi connectivity index (χ1v) is 5.23. The molecule has 0 aliphatic carbocycles. The van der Waals surface area contributed by atoms with E-state index in [1.807, 2.05) is 25.3 Å². The summed E-state index contributed by atoms with van der Waals surface area (Å²) in [6.45, 7) is 3.25. The van der Waals surface area contributed by atoms with Crippen molar-refractivity contribution in [1.82, 2.24) is 9.78 Å². The highest BCUT2D eigenvalue weighted by atomic mass is 19.1. The van der Waals surface area contributed by atoms with Gasteiger partial charge in [0.25, 0.3) is 0 Å². The van der Waals surface area contributed by atoms with E-state index >= 15 is 0 Å². The molecule has 0 aliphatic rings. The highest BCUT2D eigenvalue weighted by Gasteiger charge is 2.00. The normalized spacial score (nSPS) is 10.4. The zero-order valence-corrected chi connectivity index (χ0v) is 9.15. The summed E-state index contributed by atoms with van der Waals surface area (Å²) in [5.41, 5.74) is 1.47. The number of hydrogen-bond donors (Lipinski definition) is 1. The molecular formula is C12H14FN3. The van der Waals surface area contributed by atoms with Gasteiger partial charge in [-0.05, 0) is 30.7 Å². The Hall–Kier alpha value is -1.84. The minimum Gasteiger partial charge on any atom is -0.381 e. The molecule has 0 fully saturated rings. The standard InChI is InChI=1S/C12H14FN3/c1-10-3-4-12(11(13)9-10)14-6-8-16-7-2-5-15-16/h2-5,7,9,14H,6,8H2,1H3. The number of benzene rings is 1. The maximum atomic E-state index is 13.4. The van der Waals surface area contributed by atoms with Crippen molar-refractivity contribution in [2.45, 2.75) is 13.5 Å². The van der Waals surface area contributed by atoms with E-state index in [-0.39, 0.29) is 5.82 Å². The van der Waals surface area contributed by atoms with Gasteiger partial charge in [0.05, 0.1) is 12.2 Å². The van der Waals surface area contributed by atoms with Gasteiger partial charge >= 0.3 is 0 Å². The second kappa shape index (κ2) is 4.79. The summed E-state index contributed by atoms with van der Waals surface area (Å²) in [6.07, 6.45) is 3.61. The lowest BCUT2D eigenvalue weighted by Gasteiger charge is -2.08. The minimum atomic E-state index is -0.208. The van der Waals surface area contributed by atoms with Crippen LogP contribution < -0.4 is 5.32 Å². The van der Waals surface area contributed by atoms with E-state index in [2.05, 4.69) is 10.4 Å². The van der Waals surface area contributed by atoms with Gasteiger partial charge in [0.1, 0.15) is 5.82 Å². The van der Waals surface area contributed by atoms with E-state index < -0.39 is 0 Å². The molecule has 1 heterocycles. The smallest absolute Gasteiger partial charge is 0.146 e. The lowest BCUT2D eigenvalue weighted by Crippen LogP contribution is -2.11. The van der Waals surface area contributed by atoms with Gasteiger partial charge in [-0.25, -0.2) is 4.39 Å². The Balaban J connectivity index is 1.90. The molecule has 0 bridgehead atoms. The van der Waals surface area contributed by atoms with E-state index in [4.69, 9.17) is 0 Å². The molecule has 2 aromatic rings. The summed E-state index contributed by atoms with van der Waals surface area (Å²) in [5, 5.41) is 7.11. The quantitative estimate of drug-likeness (QED) is 0.856. The number of nitrogens with zero attached hydrogens (tertiary/aromatic N) is 2. The van der Waals surface area contributed by atoms with Crippen LogP contribution in [0.15, 0.2) is 36.7 Å². The number of rotatable bonds is 4. The van der Waals surface area contributed by atoms with E-state index in [9.17, 15) is 4.39 Å². The topological polar surface area (TPSA) is 29.9 Å². The van der Waals surface area contributed by atoms with Crippen LogP contribution in [-0.2, 0) is 6.54 Å². The highest BCUT2D eigenvalue weighted by Crippen LogP contribution is 2.14. The molecule has 1 aromatic carbocycles. The number of aromatic nitrogens is 2. The average molecular weight is 219 g/mol. The van der Waals surface area contributed by atoms with Gasteiger partial charge in [-0.15, -0.1) is 0 Å². The van der Waals surface area contributed by atoms with Gasteiger partial charge in [0, 0.05) is 18.9 Å². The first-order chi connectivity index (χ1) is 7.75. The fraction of sp³-hybridized carbons (Fsp3) is 0.250. The summed E-state index contributed by atoms with van der Waals surface area (Å²) in [5.74, 6) is -0.208. The molecule has 0 aliphatic heterocycles. The Kier molecular flexibility index (Phi) is 3.19. The van der Waals surface area contributed by atoms with Gasteiger partial charge < -0.3 is 5.32 Å². The van der Waals surface area contributed by atoms with Crippen molar-refractivity contribution in [3.63, 3.8) is 0 Å². The number of aryl methyl sites for hydroxylation is 1. The summed E-state index contributed by atoms with van der Waals surface area (Å²) in [4.78, 5) is 0. The van der Waals surface area contributed by atoms with Crippen molar-refractivity contribution >= 4 is 5.69 Å². The second-order valence-electron chi connectivity index (χ2n) is 3.68. The van der Waals surface area contributed by atoms with Crippen molar-refractivity contribution in [3.05, 3.63) is 48.0 Å². The molecule has 3 nitrogen and oxygen atoms in total. The van der Waals surface area contributed by atoms with Crippen LogP contribution in [0.5, 0.6) is 0 Å². The van der Waals surface area contributed by atoms with Crippen LogP contribution in [0.4, 0.5) is 10.1 Å². The van der Waals surface area contributed by atoms with Gasteiger partial charge in [0.2, 0.25) is 0 Å². The molecule has 0 atom stereocenters. The third-order valence-electron chi connectivity index (χ3n) is 2.34. The summed E-state index contributed by atoms with van der Waals surface area (Å²) in [6, 6.07) is 7.04. The second-order valence-corrected chi connectivity index (χ2v) is 3.68. The van der Waals surface area contributed by atoms with Gasteiger partial charge in [0.15, 0.2) is 0 Å². The monoisotopic (exact) mass is 219 g/mol.